The number of hydrogen-bond donors (Lipinski definition) is 0. The molecule has 0 aromatic heterocycles. The predicted molar refractivity (Wildman–Crippen MR) is 117 cm³/mol. The predicted octanol–water partition coefficient (Wildman–Crippen LogP) is 5.82. The highest BCUT2D eigenvalue weighted by atomic mass is 35.5. The summed E-state index contributed by atoms with van der Waals surface area (Å²) in [6.45, 7) is 4.63. The monoisotopic (exact) mass is 427 g/mol. The molecule has 1 amide bonds. The number of amides is 1. The number of carbonyl (C=O) groups is 1. The molecule has 27 heavy (non-hydrogen) atoms. The lowest BCUT2D eigenvalue weighted by Gasteiger charge is -2.35. The van der Waals surface area contributed by atoms with Gasteiger partial charge in [-0.1, -0.05) is 61.1 Å². The van der Waals surface area contributed by atoms with Crippen molar-refractivity contribution in [2.45, 2.75) is 64.6 Å². The summed E-state index contributed by atoms with van der Waals surface area (Å²) in [5, 5.41) is 2.15. The number of carbonyl (C=O) groups excluding carboxylic acids is 1. The van der Waals surface area contributed by atoms with Crippen molar-refractivity contribution < 1.29 is 4.79 Å². The standard InChI is InChI=1S/C20H27Cl2N3OS/c1-3-9-24-19(13-27-20(24)23-17-7-5-4-6-8-17)25(14(2)26)18-11-15(21)10-16(22)12-18/h10-12,17,19H,3-9,13H2,1-2H3. The number of amidine groups is 1. The third-order valence-electron chi connectivity index (χ3n) is 5.06. The zero-order valence-corrected chi connectivity index (χ0v) is 18.3. The molecule has 1 aromatic carbocycles. The van der Waals surface area contributed by atoms with Crippen LogP contribution in [0.3, 0.4) is 0 Å². The quantitative estimate of drug-likeness (QED) is 0.593. The number of aliphatic imine (C=N–C) groups is 1. The smallest absolute Gasteiger partial charge is 0.225 e. The van der Waals surface area contributed by atoms with Crippen LogP contribution in [-0.4, -0.2) is 40.5 Å². The van der Waals surface area contributed by atoms with Gasteiger partial charge in [-0.15, -0.1) is 0 Å². The number of hydrogen-bond acceptors (Lipinski definition) is 3. The summed E-state index contributed by atoms with van der Waals surface area (Å²) < 4.78 is 0. The maximum atomic E-state index is 12.6. The van der Waals surface area contributed by atoms with Crippen LogP contribution in [0.2, 0.25) is 10.0 Å². The van der Waals surface area contributed by atoms with Gasteiger partial charge in [0.15, 0.2) is 5.17 Å². The van der Waals surface area contributed by atoms with Crippen molar-refractivity contribution in [1.29, 1.82) is 0 Å². The van der Waals surface area contributed by atoms with Crippen LogP contribution in [0.4, 0.5) is 5.69 Å². The first kappa shape index (κ1) is 20.8. The molecule has 1 aliphatic carbocycles. The van der Waals surface area contributed by atoms with E-state index in [1.807, 2.05) is 4.90 Å². The summed E-state index contributed by atoms with van der Waals surface area (Å²) in [7, 11) is 0. The van der Waals surface area contributed by atoms with Crippen LogP contribution in [0.25, 0.3) is 0 Å². The van der Waals surface area contributed by atoms with E-state index in [0.29, 0.717) is 16.1 Å². The molecular formula is C20H27Cl2N3OS. The fraction of sp³-hybridized carbons (Fsp3) is 0.600. The second-order valence-corrected chi connectivity index (χ2v) is 9.07. The van der Waals surface area contributed by atoms with Crippen LogP contribution in [0.5, 0.6) is 0 Å². The highest BCUT2D eigenvalue weighted by Gasteiger charge is 2.37. The van der Waals surface area contributed by atoms with Crippen molar-refractivity contribution in [2.24, 2.45) is 4.99 Å². The molecule has 1 heterocycles. The number of rotatable bonds is 5. The number of thioether (sulfide) groups is 1. The lowest BCUT2D eigenvalue weighted by atomic mass is 9.96. The van der Waals surface area contributed by atoms with E-state index in [2.05, 4.69) is 11.8 Å². The van der Waals surface area contributed by atoms with E-state index in [0.717, 1.165) is 29.6 Å². The number of benzene rings is 1. The van der Waals surface area contributed by atoms with Gasteiger partial charge in [0.2, 0.25) is 5.91 Å². The molecule has 3 rings (SSSR count). The number of anilines is 1. The van der Waals surface area contributed by atoms with Crippen molar-refractivity contribution in [3.8, 4) is 0 Å². The Kier molecular flexibility index (Phi) is 7.35. The van der Waals surface area contributed by atoms with E-state index in [1.165, 1.54) is 32.1 Å². The van der Waals surface area contributed by atoms with Crippen LogP contribution < -0.4 is 4.90 Å². The highest BCUT2D eigenvalue weighted by molar-refractivity contribution is 8.14. The SMILES string of the molecule is CCCN1C(=NC2CCCCC2)SCC1N(C(C)=O)c1cc(Cl)cc(Cl)c1. The minimum absolute atomic E-state index is 0.0149. The molecule has 148 valence electrons. The molecule has 1 saturated heterocycles. The van der Waals surface area contributed by atoms with Gasteiger partial charge in [0.1, 0.15) is 6.17 Å². The first-order valence-corrected chi connectivity index (χ1v) is 11.5. The Morgan fingerprint density at radius 2 is 1.89 bits per heavy atom. The topological polar surface area (TPSA) is 35.9 Å². The summed E-state index contributed by atoms with van der Waals surface area (Å²) in [5.74, 6) is 0.786. The van der Waals surface area contributed by atoms with Crippen LogP contribution in [-0.2, 0) is 4.79 Å². The molecule has 2 fully saturated rings. The molecule has 1 aromatic rings. The van der Waals surface area contributed by atoms with Gasteiger partial charge in [-0.2, -0.15) is 0 Å². The zero-order chi connectivity index (χ0) is 19.4. The zero-order valence-electron chi connectivity index (χ0n) is 16.0. The van der Waals surface area contributed by atoms with Gasteiger partial charge in [0.05, 0.1) is 6.04 Å². The largest absolute Gasteiger partial charge is 0.330 e. The van der Waals surface area contributed by atoms with Gasteiger partial charge in [0, 0.05) is 35.0 Å². The average molecular weight is 428 g/mol. The Labute approximate surface area is 176 Å². The Morgan fingerprint density at radius 1 is 1.22 bits per heavy atom. The van der Waals surface area contributed by atoms with E-state index in [4.69, 9.17) is 28.2 Å². The van der Waals surface area contributed by atoms with Gasteiger partial charge in [-0.25, -0.2) is 0 Å². The minimum atomic E-state index is -0.0654. The summed E-state index contributed by atoms with van der Waals surface area (Å²) in [5.41, 5.74) is 0.741. The van der Waals surface area contributed by atoms with Crippen LogP contribution in [0, 0.1) is 0 Å². The normalized spacial score (nSPS) is 22.4. The lowest BCUT2D eigenvalue weighted by molar-refractivity contribution is -0.117. The van der Waals surface area contributed by atoms with E-state index in [-0.39, 0.29) is 12.1 Å². The first-order chi connectivity index (χ1) is 13.0. The average Bonchev–Trinajstić information content (AvgIpc) is 2.98. The molecule has 1 atom stereocenters. The van der Waals surface area contributed by atoms with E-state index in [1.54, 1.807) is 36.9 Å². The Hall–Kier alpha value is -0.910. The number of nitrogens with zero attached hydrogens (tertiary/aromatic N) is 3. The van der Waals surface area contributed by atoms with E-state index >= 15 is 0 Å². The number of halogens is 2. The van der Waals surface area contributed by atoms with Crippen molar-refractivity contribution in [3.05, 3.63) is 28.2 Å². The second-order valence-electron chi connectivity index (χ2n) is 7.21. The van der Waals surface area contributed by atoms with Gasteiger partial charge in [0.25, 0.3) is 0 Å². The van der Waals surface area contributed by atoms with Gasteiger partial charge in [-0.3, -0.25) is 14.7 Å². The Bertz CT molecular complexity index is 686. The molecule has 0 N–H and O–H groups in total. The molecule has 1 saturated carbocycles. The van der Waals surface area contributed by atoms with Crippen LogP contribution >= 0.6 is 35.0 Å². The second kappa shape index (κ2) is 9.53. The third kappa shape index (κ3) is 5.12. The molecule has 7 heteroatoms. The summed E-state index contributed by atoms with van der Waals surface area (Å²) in [6, 6.07) is 5.72. The van der Waals surface area contributed by atoms with Gasteiger partial charge >= 0.3 is 0 Å². The first-order valence-electron chi connectivity index (χ1n) is 9.72. The molecule has 4 nitrogen and oxygen atoms in total. The summed E-state index contributed by atoms with van der Waals surface area (Å²) in [4.78, 5) is 21.7. The lowest BCUT2D eigenvalue weighted by Crippen LogP contribution is -2.50. The molecule has 2 aliphatic rings. The van der Waals surface area contributed by atoms with E-state index in [9.17, 15) is 4.79 Å². The maximum Gasteiger partial charge on any atom is 0.225 e. The molecule has 1 aliphatic heterocycles. The Balaban J connectivity index is 1.89. The summed E-state index contributed by atoms with van der Waals surface area (Å²) in [6.07, 6.45) is 7.15. The van der Waals surface area contributed by atoms with Crippen LogP contribution in [0.1, 0.15) is 52.4 Å². The van der Waals surface area contributed by atoms with Gasteiger partial charge < -0.3 is 4.90 Å². The van der Waals surface area contributed by atoms with Gasteiger partial charge in [-0.05, 0) is 37.5 Å². The van der Waals surface area contributed by atoms with E-state index < -0.39 is 0 Å². The van der Waals surface area contributed by atoms with Crippen molar-refractivity contribution in [2.75, 3.05) is 17.2 Å². The molecule has 0 radical (unpaired) electrons. The third-order valence-corrected chi connectivity index (χ3v) is 6.56. The fourth-order valence-electron chi connectivity index (χ4n) is 3.87. The highest BCUT2D eigenvalue weighted by Crippen LogP contribution is 2.34. The van der Waals surface area contributed by atoms with Crippen LogP contribution in [0.15, 0.2) is 23.2 Å². The van der Waals surface area contributed by atoms with Crippen molar-refractivity contribution >= 4 is 51.7 Å². The summed E-state index contributed by atoms with van der Waals surface area (Å²) >= 11 is 14.1. The molecular weight excluding hydrogens is 401 g/mol. The maximum absolute atomic E-state index is 12.6. The molecule has 0 bridgehead atoms. The van der Waals surface area contributed by atoms with Crippen molar-refractivity contribution in [1.82, 2.24) is 4.90 Å². The van der Waals surface area contributed by atoms with Crippen molar-refractivity contribution in [3.63, 3.8) is 0 Å². The minimum Gasteiger partial charge on any atom is -0.330 e. The fourth-order valence-corrected chi connectivity index (χ4v) is 5.61. The molecule has 1 unspecified atom stereocenters. The Morgan fingerprint density at radius 3 is 2.48 bits per heavy atom. The molecule has 0 spiro atoms.